The first-order valence-corrected chi connectivity index (χ1v) is 9.64. The number of aromatic nitrogens is 4. The van der Waals surface area contributed by atoms with Crippen molar-refractivity contribution in [1.82, 2.24) is 25.5 Å². The minimum absolute atomic E-state index is 0.0381. The van der Waals surface area contributed by atoms with E-state index >= 15 is 0 Å². The van der Waals surface area contributed by atoms with Gasteiger partial charge in [-0.2, -0.15) is 4.68 Å². The molecule has 3 aromatic rings. The Morgan fingerprint density at radius 3 is 2.70 bits per heavy atom. The van der Waals surface area contributed by atoms with E-state index in [0.717, 1.165) is 0 Å². The van der Waals surface area contributed by atoms with Gasteiger partial charge in [-0.25, -0.2) is 9.18 Å². The van der Waals surface area contributed by atoms with Crippen molar-refractivity contribution in [2.24, 2.45) is 0 Å². The van der Waals surface area contributed by atoms with Crippen molar-refractivity contribution in [3.05, 3.63) is 53.1 Å². The van der Waals surface area contributed by atoms with Crippen LogP contribution in [0.1, 0.15) is 32.5 Å². The maximum absolute atomic E-state index is 13.5. The lowest BCUT2D eigenvalue weighted by atomic mass is 10.0. The van der Waals surface area contributed by atoms with E-state index in [1.165, 1.54) is 22.9 Å². The summed E-state index contributed by atoms with van der Waals surface area (Å²) in [6, 6.07) is 8.53. The summed E-state index contributed by atoms with van der Waals surface area (Å²) in [5, 5.41) is 23.6. The molecule has 0 aliphatic rings. The molecule has 3 rings (SSSR count). The molecule has 0 saturated carbocycles. The zero-order chi connectivity index (χ0) is 21.8. The van der Waals surface area contributed by atoms with Crippen LogP contribution in [0.25, 0.3) is 16.8 Å². The molecule has 0 spiro atoms. The summed E-state index contributed by atoms with van der Waals surface area (Å²) in [5.41, 5.74) is 1.67. The summed E-state index contributed by atoms with van der Waals surface area (Å²) >= 11 is 6.23. The number of carbonyl (C=O) groups is 1. The Hall–Kier alpha value is -3.04. The number of aliphatic hydroxyl groups excluding tert-OH is 1. The molecule has 0 saturated heterocycles. The number of halogens is 2. The fraction of sp³-hybridized carbons (Fsp3) is 0.300. The van der Waals surface area contributed by atoms with Gasteiger partial charge in [-0.3, -0.25) is 0 Å². The first kappa shape index (κ1) is 21.7. The van der Waals surface area contributed by atoms with E-state index in [0.29, 0.717) is 22.6 Å². The molecule has 2 aromatic carbocycles. The zero-order valence-corrected chi connectivity index (χ0v) is 17.4. The van der Waals surface area contributed by atoms with E-state index in [9.17, 15) is 9.18 Å². The highest BCUT2D eigenvalue weighted by atomic mass is 35.5. The van der Waals surface area contributed by atoms with Crippen LogP contribution in [-0.2, 0) is 0 Å². The topological polar surface area (TPSA) is 102 Å². The van der Waals surface area contributed by atoms with Crippen molar-refractivity contribution in [2.45, 2.75) is 32.7 Å². The Kier molecular flexibility index (Phi) is 6.63. The maximum Gasteiger partial charge on any atom is 0.412 e. The van der Waals surface area contributed by atoms with E-state index in [1.807, 2.05) is 13.8 Å². The highest BCUT2D eigenvalue weighted by Crippen LogP contribution is 2.33. The number of hydrogen-bond donors (Lipinski definition) is 2. The van der Waals surface area contributed by atoms with Gasteiger partial charge in [0.1, 0.15) is 11.6 Å². The van der Waals surface area contributed by atoms with Crippen LogP contribution < -0.4 is 10.1 Å². The molecule has 0 fully saturated rings. The summed E-state index contributed by atoms with van der Waals surface area (Å²) in [5.74, 6) is 0.393. The third-order valence-electron chi connectivity index (χ3n) is 4.24. The number of nitrogens with zero attached hydrogens (tertiary/aromatic N) is 4. The number of nitrogens with one attached hydrogen (secondary N) is 1. The molecule has 0 aliphatic heterocycles. The van der Waals surface area contributed by atoms with Gasteiger partial charge in [0.05, 0.1) is 23.4 Å². The average molecular weight is 434 g/mol. The van der Waals surface area contributed by atoms with Gasteiger partial charge in [-0.05, 0) is 53.2 Å². The number of aliphatic hydroxyl groups is 1. The van der Waals surface area contributed by atoms with Crippen LogP contribution in [0.15, 0.2) is 36.4 Å². The lowest BCUT2D eigenvalue weighted by Crippen LogP contribution is -2.37. The molecule has 10 heteroatoms. The summed E-state index contributed by atoms with van der Waals surface area (Å²) < 4.78 is 20.4. The van der Waals surface area contributed by atoms with Gasteiger partial charge in [0.2, 0.25) is 0 Å². The predicted molar refractivity (Wildman–Crippen MR) is 109 cm³/mol. The Morgan fingerprint density at radius 1 is 1.27 bits per heavy atom. The monoisotopic (exact) mass is 433 g/mol. The minimum Gasteiger partial charge on any atom is -0.410 e. The van der Waals surface area contributed by atoms with Gasteiger partial charge in [-0.15, -0.1) is 5.10 Å². The molecule has 2 N–H and O–H groups in total. The molecular formula is C20H21ClFN5O3. The quantitative estimate of drug-likeness (QED) is 0.614. The van der Waals surface area contributed by atoms with Gasteiger partial charge in [-0.1, -0.05) is 25.4 Å². The molecular weight excluding hydrogens is 413 g/mol. The van der Waals surface area contributed by atoms with Crippen molar-refractivity contribution >= 4 is 17.7 Å². The molecule has 1 heterocycles. The minimum atomic E-state index is -0.731. The van der Waals surface area contributed by atoms with Crippen LogP contribution in [0.5, 0.6) is 5.75 Å². The van der Waals surface area contributed by atoms with Gasteiger partial charge in [0, 0.05) is 17.5 Å². The smallest absolute Gasteiger partial charge is 0.410 e. The molecule has 0 unspecified atom stereocenters. The van der Waals surface area contributed by atoms with E-state index in [2.05, 4.69) is 20.8 Å². The molecule has 158 valence electrons. The number of rotatable bonds is 6. The van der Waals surface area contributed by atoms with Crippen LogP contribution in [0.4, 0.5) is 9.18 Å². The maximum atomic E-state index is 13.5. The van der Waals surface area contributed by atoms with Crippen LogP contribution in [0.3, 0.4) is 0 Å². The van der Waals surface area contributed by atoms with E-state index in [-0.39, 0.29) is 23.3 Å². The number of hydrogen-bond acceptors (Lipinski definition) is 6. The molecule has 30 heavy (non-hydrogen) atoms. The van der Waals surface area contributed by atoms with Gasteiger partial charge in [0.25, 0.3) is 0 Å². The lowest BCUT2D eigenvalue weighted by Gasteiger charge is -2.14. The lowest BCUT2D eigenvalue weighted by molar-refractivity contribution is 0.186. The number of carbonyl (C=O) groups excluding carboxylic acids is 1. The Labute approximate surface area is 177 Å². The Morgan fingerprint density at radius 2 is 2.03 bits per heavy atom. The van der Waals surface area contributed by atoms with Crippen molar-refractivity contribution in [3.8, 4) is 22.6 Å². The highest BCUT2D eigenvalue weighted by Gasteiger charge is 2.17. The number of tetrazole rings is 1. The van der Waals surface area contributed by atoms with Crippen molar-refractivity contribution in [1.29, 1.82) is 0 Å². The molecule has 0 radical (unpaired) electrons. The number of ether oxygens (including phenoxy) is 1. The van der Waals surface area contributed by atoms with E-state index in [4.69, 9.17) is 21.4 Å². The second-order valence-corrected chi connectivity index (χ2v) is 7.47. The number of amides is 1. The standard InChI is InChI=1S/C20H21ClFN5O3/c1-11(2)19-24-25-26-27(19)15-6-13(17-5-4-14(22)8-18(17)21)7-16(9-15)30-20(29)23-12(3)10-28/h4-9,11-12,28H,10H2,1-3H3,(H,23,29)/t12-/m0/s1. The van der Waals surface area contributed by atoms with Crippen molar-refractivity contribution in [3.63, 3.8) is 0 Å². The molecule has 1 amide bonds. The molecule has 1 aromatic heterocycles. The molecule has 8 nitrogen and oxygen atoms in total. The summed E-state index contributed by atoms with van der Waals surface area (Å²) in [4.78, 5) is 12.1. The second kappa shape index (κ2) is 9.19. The highest BCUT2D eigenvalue weighted by molar-refractivity contribution is 6.33. The SMILES string of the molecule is CC(C)c1nnnn1-c1cc(OC(=O)N[C@@H](C)CO)cc(-c2ccc(F)cc2Cl)c1. The first-order chi connectivity index (χ1) is 14.3. The third-order valence-corrected chi connectivity index (χ3v) is 4.55. The third kappa shape index (κ3) is 4.92. The largest absolute Gasteiger partial charge is 0.412 e. The van der Waals surface area contributed by atoms with Gasteiger partial charge in [0.15, 0.2) is 5.82 Å². The van der Waals surface area contributed by atoms with Crippen LogP contribution in [0.2, 0.25) is 5.02 Å². The summed E-state index contributed by atoms with van der Waals surface area (Å²) in [6.07, 6.45) is -0.731. The average Bonchev–Trinajstić information content (AvgIpc) is 3.17. The van der Waals surface area contributed by atoms with Crippen LogP contribution in [0, 0.1) is 5.82 Å². The summed E-state index contributed by atoms with van der Waals surface area (Å²) in [7, 11) is 0. The molecule has 0 bridgehead atoms. The van der Waals surface area contributed by atoms with Crippen LogP contribution >= 0.6 is 11.6 Å². The second-order valence-electron chi connectivity index (χ2n) is 7.06. The normalized spacial score (nSPS) is 12.1. The van der Waals surface area contributed by atoms with Crippen molar-refractivity contribution in [2.75, 3.05) is 6.61 Å². The molecule has 1 atom stereocenters. The van der Waals surface area contributed by atoms with Gasteiger partial charge >= 0.3 is 6.09 Å². The fourth-order valence-electron chi connectivity index (χ4n) is 2.76. The fourth-order valence-corrected chi connectivity index (χ4v) is 3.04. The first-order valence-electron chi connectivity index (χ1n) is 9.27. The van der Waals surface area contributed by atoms with E-state index < -0.39 is 18.0 Å². The molecule has 0 aliphatic carbocycles. The van der Waals surface area contributed by atoms with Crippen molar-refractivity contribution < 1.29 is 19.0 Å². The number of benzene rings is 2. The predicted octanol–water partition coefficient (Wildman–Crippen LogP) is 3.71. The van der Waals surface area contributed by atoms with E-state index in [1.54, 1.807) is 25.1 Å². The van der Waals surface area contributed by atoms with Crippen LogP contribution in [-0.4, -0.2) is 44.1 Å². The Bertz CT molecular complexity index is 1060. The zero-order valence-electron chi connectivity index (χ0n) is 16.6. The Balaban J connectivity index is 2.08. The van der Waals surface area contributed by atoms with Gasteiger partial charge < -0.3 is 15.2 Å². The summed E-state index contributed by atoms with van der Waals surface area (Å²) in [6.45, 7) is 5.30.